The predicted molar refractivity (Wildman–Crippen MR) is 75.5 cm³/mol. The highest BCUT2D eigenvalue weighted by Crippen LogP contribution is 2.25. The highest BCUT2D eigenvalue weighted by molar-refractivity contribution is 6.32. The third-order valence-electron chi connectivity index (χ3n) is 3.33. The molecule has 0 radical (unpaired) electrons. The van der Waals surface area contributed by atoms with Gasteiger partial charge in [-0.05, 0) is 57.0 Å². The molecule has 3 nitrogen and oxygen atoms in total. The van der Waals surface area contributed by atoms with Crippen LogP contribution in [0.15, 0.2) is 18.2 Å². The quantitative estimate of drug-likeness (QED) is 0.925. The van der Waals surface area contributed by atoms with E-state index in [-0.39, 0.29) is 0 Å². The zero-order valence-corrected chi connectivity index (χ0v) is 11.8. The summed E-state index contributed by atoms with van der Waals surface area (Å²) >= 11 is 6.33. The van der Waals surface area contributed by atoms with Crippen molar-refractivity contribution in [3.63, 3.8) is 0 Å². The molecule has 1 aromatic heterocycles. The van der Waals surface area contributed by atoms with Crippen molar-refractivity contribution in [1.82, 2.24) is 9.78 Å². The number of nitrogens with zero attached hydrogens (tertiary/aromatic N) is 2. The second-order valence-corrected chi connectivity index (χ2v) is 4.94. The standard InChI is InChI=1S/C14H18ClN3/c1-9-10(2)17-18(11(9)3)14-5-4-12(6-7-16)8-13(14)15/h4-5,8H,6-7,16H2,1-3H3. The molecule has 2 rings (SSSR count). The van der Waals surface area contributed by atoms with E-state index in [0.29, 0.717) is 11.6 Å². The van der Waals surface area contributed by atoms with Gasteiger partial charge < -0.3 is 5.73 Å². The molecule has 0 amide bonds. The van der Waals surface area contributed by atoms with Crippen molar-refractivity contribution in [2.75, 3.05) is 6.54 Å². The SMILES string of the molecule is Cc1nn(-c2ccc(CCN)cc2Cl)c(C)c1C. The maximum Gasteiger partial charge on any atom is 0.0835 e. The Morgan fingerprint density at radius 1 is 1.28 bits per heavy atom. The minimum atomic E-state index is 0.634. The van der Waals surface area contributed by atoms with E-state index in [4.69, 9.17) is 17.3 Å². The average Bonchev–Trinajstić information content (AvgIpc) is 2.58. The van der Waals surface area contributed by atoms with Crippen LogP contribution < -0.4 is 5.73 Å². The van der Waals surface area contributed by atoms with Gasteiger partial charge in [-0.3, -0.25) is 0 Å². The maximum absolute atomic E-state index is 6.33. The van der Waals surface area contributed by atoms with Crippen LogP contribution in [-0.2, 0) is 6.42 Å². The summed E-state index contributed by atoms with van der Waals surface area (Å²) in [6.07, 6.45) is 0.843. The summed E-state index contributed by atoms with van der Waals surface area (Å²) in [6.45, 7) is 6.77. The van der Waals surface area contributed by atoms with Gasteiger partial charge >= 0.3 is 0 Å². The van der Waals surface area contributed by atoms with Gasteiger partial charge in [0, 0.05) is 5.69 Å². The molecule has 1 aromatic carbocycles. The molecule has 0 saturated heterocycles. The van der Waals surface area contributed by atoms with Gasteiger partial charge in [-0.1, -0.05) is 17.7 Å². The number of nitrogens with two attached hydrogens (primary N) is 1. The lowest BCUT2D eigenvalue weighted by Gasteiger charge is -2.09. The summed E-state index contributed by atoms with van der Waals surface area (Å²) in [5.74, 6) is 0. The Balaban J connectivity index is 2.48. The monoisotopic (exact) mass is 263 g/mol. The zero-order chi connectivity index (χ0) is 13.3. The van der Waals surface area contributed by atoms with Crippen LogP contribution in [0.4, 0.5) is 0 Å². The van der Waals surface area contributed by atoms with Crippen molar-refractivity contribution in [2.24, 2.45) is 5.73 Å². The van der Waals surface area contributed by atoms with Gasteiger partial charge in [0.1, 0.15) is 0 Å². The normalized spacial score (nSPS) is 10.9. The van der Waals surface area contributed by atoms with E-state index in [0.717, 1.165) is 29.1 Å². The minimum Gasteiger partial charge on any atom is -0.330 e. The summed E-state index contributed by atoms with van der Waals surface area (Å²) < 4.78 is 1.90. The van der Waals surface area contributed by atoms with Crippen molar-refractivity contribution < 1.29 is 0 Å². The van der Waals surface area contributed by atoms with Crippen molar-refractivity contribution >= 4 is 11.6 Å². The van der Waals surface area contributed by atoms with Gasteiger partial charge in [-0.2, -0.15) is 5.10 Å². The van der Waals surface area contributed by atoms with Gasteiger partial charge in [-0.15, -0.1) is 0 Å². The lowest BCUT2D eigenvalue weighted by Crippen LogP contribution is -2.04. The Bertz CT molecular complexity index is 573. The molecule has 0 unspecified atom stereocenters. The molecule has 0 spiro atoms. The first kappa shape index (κ1) is 13.1. The van der Waals surface area contributed by atoms with E-state index in [1.54, 1.807) is 0 Å². The largest absolute Gasteiger partial charge is 0.330 e. The Morgan fingerprint density at radius 3 is 2.50 bits per heavy atom. The topological polar surface area (TPSA) is 43.8 Å². The van der Waals surface area contributed by atoms with E-state index in [2.05, 4.69) is 25.0 Å². The second-order valence-electron chi connectivity index (χ2n) is 4.53. The fraction of sp³-hybridized carbons (Fsp3) is 0.357. The maximum atomic E-state index is 6.33. The summed E-state index contributed by atoms with van der Waals surface area (Å²) in [7, 11) is 0. The summed E-state index contributed by atoms with van der Waals surface area (Å²) in [5.41, 5.74) is 11.0. The van der Waals surface area contributed by atoms with Crippen LogP contribution in [0.3, 0.4) is 0 Å². The molecule has 18 heavy (non-hydrogen) atoms. The second kappa shape index (κ2) is 5.12. The van der Waals surface area contributed by atoms with Crippen molar-refractivity contribution in [3.8, 4) is 5.69 Å². The van der Waals surface area contributed by atoms with E-state index in [1.807, 2.05) is 23.7 Å². The Hall–Kier alpha value is -1.32. The Kier molecular flexibility index (Phi) is 3.73. The van der Waals surface area contributed by atoms with E-state index < -0.39 is 0 Å². The molecule has 0 atom stereocenters. The fourth-order valence-corrected chi connectivity index (χ4v) is 2.28. The molecule has 0 aliphatic heterocycles. The van der Waals surface area contributed by atoms with Crippen LogP contribution in [0.2, 0.25) is 5.02 Å². The van der Waals surface area contributed by atoms with Crippen molar-refractivity contribution in [1.29, 1.82) is 0 Å². The number of aryl methyl sites for hydroxylation is 1. The third-order valence-corrected chi connectivity index (χ3v) is 3.63. The number of halogens is 1. The molecular formula is C14H18ClN3. The van der Waals surface area contributed by atoms with Crippen LogP contribution in [0, 0.1) is 20.8 Å². The molecule has 1 heterocycles. The molecule has 96 valence electrons. The minimum absolute atomic E-state index is 0.634. The lowest BCUT2D eigenvalue weighted by molar-refractivity contribution is 0.832. The van der Waals surface area contributed by atoms with E-state index in [1.165, 1.54) is 5.56 Å². The summed E-state index contributed by atoms with van der Waals surface area (Å²) in [4.78, 5) is 0. The third kappa shape index (κ3) is 2.28. The lowest BCUT2D eigenvalue weighted by atomic mass is 10.1. The zero-order valence-electron chi connectivity index (χ0n) is 11.0. The van der Waals surface area contributed by atoms with Crippen molar-refractivity contribution in [3.05, 3.63) is 45.7 Å². The van der Waals surface area contributed by atoms with E-state index in [9.17, 15) is 0 Å². The number of aromatic nitrogens is 2. The fourth-order valence-electron chi connectivity index (χ4n) is 2.00. The first-order chi connectivity index (χ1) is 8.54. The van der Waals surface area contributed by atoms with E-state index >= 15 is 0 Å². The van der Waals surface area contributed by atoms with Gasteiger partial charge in [0.05, 0.1) is 16.4 Å². The first-order valence-corrected chi connectivity index (χ1v) is 6.44. The Labute approximate surface area is 113 Å². The first-order valence-electron chi connectivity index (χ1n) is 6.06. The Morgan fingerprint density at radius 2 is 2.00 bits per heavy atom. The summed E-state index contributed by atoms with van der Waals surface area (Å²) in [6, 6.07) is 6.03. The smallest absolute Gasteiger partial charge is 0.0835 e. The number of rotatable bonds is 3. The van der Waals surface area contributed by atoms with Gasteiger partial charge in [0.25, 0.3) is 0 Å². The average molecular weight is 264 g/mol. The molecule has 0 saturated carbocycles. The van der Waals surface area contributed by atoms with Gasteiger partial charge in [0.2, 0.25) is 0 Å². The highest BCUT2D eigenvalue weighted by atomic mass is 35.5. The van der Waals surface area contributed by atoms with Gasteiger partial charge in [0.15, 0.2) is 0 Å². The van der Waals surface area contributed by atoms with Crippen LogP contribution >= 0.6 is 11.6 Å². The molecule has 0 aliphatic carbocycles. The molecule has 0 fully saturated rings. The number of benzene rings is 1. The molecule has 2 N–H and O–H groups in total. The highest BCUT2D eigenvalue weighted by Gasteiger charge is 2.11. The molecular weight excluding hydrogens is 246 g/mol. The number of hydrogen-bond donors (Lipinski definition) is 1. The van der Waals surface area contributed by atoms with Crippen LogP contribution in [-0.4, -0.2) is 16.3 Å². The van der Waals surface area contributed by atoms with Gasteiger partial charge in [-0.25, -0.2) is 4.68 Å². The predicted octanol–water partition coefficient (Wildman–Crippen LogP) is 2.95. The van der Waals surface area contributed by atoms with Crippen LogP contribution in [0.5, 0.6) is 0 Å². The summed E-state index contributed by atoms with van der Waals surface area (Å²) in [5, 5.41) is 5.24. The number of hydrogen-bond acceptors (Lipinski definition) is 2. The van der Waals surface area contributed by atoms with Crippen LogP contribution in [0.1, 0.15) is 22.5 Å². The molecule has 0 bridgehead atoms. The van der Waals surface area contributed by atoms with Crippen LogP contribution in [0.25, 0.3) is 5.69 Å². The van der Waals surface area contributed by atoms with Crippen molar-refractivity contribution in [2.45, 2.75) is 27.2 Å². The molecule has 2 aromatic rings. The molecule has 0 aliphatic rings. The molecule has 4 heteroatoms.